The average Bonchev–Trinajstić information content (AvgIpc) is 2.14. The molecule has 0 saturated carbocycles. The van der Waals surface area contributed by atoms with Crippen LogP contribution in [0.4, 0.5) is 0 Å². The predicted molar refractivity (Wildman–Crippen MR) is 397 cm³/mol. The van der Waals surface area contributed by atoms with E-state index in [1.165, 1.54) is 141 Å². The second-order valence-electron chi connectivity index (χ2n) is 25.6. The van der Waals surface area contributed by atoms with Crippen LogP contribution in [0.2, 0.25) is 0 Å². The number of hydrogen-bond donors (Lipinski definition) is 0. The van der Waals surface area contributed by atoms with Gasteiger partial charge in [-0.15, -0.1) is 0 Å². The van der Waals surface area contributed by atoms with Gasteiger partial charge in [0.2, 0.25) is 0 Å². The van der Waals surface area contributed by atoms with Crippen LogP contribution < -0.4 is 4.89 Å². The Labute approximate surface area is 566 Å². The minimum Gasteiger partial charge on any atom is -0.756 e. The molecule has 0 bridgehead atoms. The highest BCUT2D eigenvalue weighted by Gasteiger charge is 2.22. The van der Waals surface area contributed by atoms with Gasteiger partial charge in [0, 0.05) is 12.8 Å². The smallest absolute Gasteiger partial charge is 0.306 e. The number of carbonyl (C=O) groups excluding carboxylic acids is 2. The van der Waals surface area contributed by atoms with E-state index in [0.29, 0.717) is 17.4 Å². The summed E-state index contributed by atoms with van der Waals surface area (Å²) in [5.74, 6) is -0.846. The Bertz CT molecular complexity index is 2110. The lowest BCUT2D eigenvalue weighted by Gasteiger charge is -2.28. The molecule has 0 aliphatic carbocycles. The van der Waals surface area contributed by atoms with Gasteiger partial charge >= 0.3 is 11.9 Å². The first kappa shape index (κ1) is 87.6. The van der Waals surface area contributed by atoms with Crippen LogP contribution in [0.15, 0.2) is 158 Å². The molecule has 0 spiro atoms. The Balaban J connectivity index is 4.11. The van der Waals surface area contributed by atoms with Gasteiger partial charge in [-0.05, 0) is 128 Å². The van der Waals surface area contributed by atoms with Crippen molar-refractivity contribution < 1.29 is 42.1 Å². The van der Waals surface area contributed by atoms with Gasteiger partial charge in [-0.3, -0.25) is 14.2 Å². The van der Waals surface area contributed by atoms with E-state index in [0.717, 1.165) is 122 Å². The van der Waals surface area contributed by atoms with E-state index in [1.807, 2.05) is 21.1 Å². The summed E-state index contributed by atoms with van der Waals surface area (Å²) < 4.78 is 34.3. The molecule has 0 aromatic carbocycles. The first-order chi connectivity index (χ1) is 45.0. The molecular weight excluding hydrogens is 1160 g/mol. The lowest BCUT2D eigenvalue weighted by Crippen LogP contribution is -2.37. The number of unbranched alkanes of at least 4 members (excludes halogenated alkanes) is 27. The summed E-state index contributed by atoms with van der Waals surface area (Å²) in [6.45, 7) is 4.11. The highest BCUT2D eigenvalue weighted by atomic mass is 31.2. The van der Waals surface area contributed by atoms with Gasteiger partial charge in [0.25, 0.3) is 7.82 Å². The number of quaternary nitrogens is 1. The molecule has 0 amide bonds. The van der Waals surface area contributed by atoms with E-state index in [2.05, 4.69) is 172 Å². The SMILES string of the molecule is CC/C=C\C/C=C\C/C=C\C/C=C\C/C=C\C/C=C\C/C=C\C/C=C\C/C=C\C/C=C\CCCCCCCCCCC(=O)OC(COC(=O)CCCCCCCCCCCCCCCC/C=C\C/C=C\C/C=C\CCCCCCC)COP(=O)([O-])OCC[N+](C)(C)C. The molecule has 10 heteroatoms. The monoisotopic (exact) mass is 1300 g/mol. The molecule has 0 aliphatic rings. The van der Waals surface area contributed by atoms with Gasteiger partial charge in [0.05, 0.1) is 27.7 Å². The van der Waals surface area contributed by atoms with Crippen molar-refractivity contribution in [3.8, 4) is 0 Å². The van der Waals surface area contributed by atoms with Gasteiger partial charge in [0.1, 0.15) is 19.8 Å². The van der Waals surface area contributed by atoms with Crippen molar-refractivity contribution in [2.75, 3.05) is 47.5 Å². The van der Waals surface area contributed by atoms with Crippen molar-refractivity contribution in [2.24, 2.45) is 0 Å². The van der Waals surface area contributed by atoms with Gasteiger partial charge in [-0.25, -0.2) is 0 Å². The Morgan fingerprint density at radius 1 is 0.348 bits per heavy atom. The van der Waals surface area contributed by atoms with Crippen LogP contribution in [0.25, 0.3) is 0 Å². The van der Waals surface area contributed by atoms with Gasteiger partial charge in [-0.2, -0.15) is 0 Å². The molecular formula is C82H138NO8P. The zero-order chi connectivity index (χ0) is 66.9. The number of likely N-dealkylation sites (N-methyl/N-ethyl adjacent to an activating group) is 1. The lowest BCUT2D eigenvalue weighted by molar-refractivity contribution is -0.870. The molecule has 2 atom stereocenters. The first-order valence-electron chi connectivity index (χ1n) is 37.2. The number of phosphoric acid groups is 1. The third-order valence-corrected chi connectivity index (χ3v) is 16.5. The van der Waals surface area contributed by atoms with E-state index >= 15 is 0 Å². The third kappa shape index (κ3) is 74.7. The number of esters is 2. The number of ether oxygens (including phenoxy) is 2. The van der Waals surface area contributed by atoms with Crippen LogP contribution in [0.5, 0.6) is 0 Å². The Morgan fingerprint density at radius 2 is 0.620 bits per heavy atom. The summed E-state index contributed by atoms with van der Waals surface area (Å²) >= 11 is 0. The number of rotatable bonds is 67. The number of allylic oxidation sites excluding steroid dienone is 26. The number of carbonyl (C=O) groups is 2. The van der Waals surface area contributed by atoms with E-state index in [1.54, 1.807) is 0 Å². The van der Waals surface area contributed by atoms with Crippen LogP contribution in [0, 0.1) is 0 Å². The fourth-order valence-corrected chi connectivity index (χ4v) is 10.6. The summed E-state index contributed by atoms with van der Waals surface area (Å²) in [5, 5.41) is 0. The van der Waals surface area contributed by atoms with E-state index in [9.17, 15) is 19.0 Å². The topological polar surface area (TPSA) is 111 Å². The second-order valence-corrected chi connectivity index (χ2v) is 27.0. The second kappa shape index (κ2) is 70.9. The maximum Gasteiger partial charge on any atom is 0.306 e. The quantitative estimate of drug-likeness (QED) is 0.0195. The van der Waals surface area contributed by atoms with Crippen LogP contribution in [0.1, 0.15) is 296 Å². The Kier molecular flexibility index (Phi) is 67.6. The Morgan fingerprint density at radius 3 is 0.924 bits per heavy atom. The summed E-state index contributed by atoms with van der Waals surface area (Å²) in [6.07, 6.45) is 106. The molecule has 0 radical (unpaired) electrons. The number of hydrogen-bond acceptors (Lipinski definition) is 8. The lowest BCUT2D eigenvalue weighted by atomic mass is 10.0. The van der Waals surface area contributed by atoms with Crippen molar-refractivity contribution in [2.45, 2.75) is 302 Å². The summed E-state index contributed by atoms with van der Waals surface area (Å²) in [5.41, 5.74) is 0. The zero-order valence-electron chi connectivity index (χ0n) is 59.7. The van der Waals surface area contributed by atoms with Crippen molar-refractivity contribution in [1.82, 2.24) is 0 Å². The number of nitrogens with zero attached hydrogens (tertiary/aromatic N) is 1. The molecule has 9 nitrogen and oxygen atoms in total. The molecule has 0 aromatic rings. The van der Waals surface area contributed by atoms with E-state index in [-0.39, 0.29) is 32.0 Å². The molecule has 0 rings (SSSR count). The van der Waals surface area contributed by atoms with Crippen molar-refractivity contribution >= 4 is 19.8 Å². The van der Waals surface area contributed by atoms with Crippen molar-refractivity contribution in [1.29, 1.82) is 0 Å². The number of phosphoric ester groups is 1. The molecule has 2 unspecified atom stereocenters. The standard InChI is InChI=1S/C82H138NO8P/c1-6-8-10-12-14-16-18-20-22-24-26-28-30-32-34-36-37-38-39-40-41-42-43-44-45-47-49-51-53-55-57-59-61-63-65-67-69-71-73-75-82(85)91-80(79-90-92(86,87)89-77-76-83(3,4)5)78-88-81(84)74-72-70-68-66-64-62-60-58-56-54-52-50-48-46-35-33-31-29-27-25-23-21-19-17-15-13-11-9-7-2/h8,10,14,16,19-22,25-28,31-34,37-38,40-41,43-44,47,49,53,55,80H,6-7,9,11-13,15,17-18,23-24,29-30,35-36,39,42,45-46,48,50-52,54,56-79H2,1-5H3/b10-8-,16-14-,21-19-,22-20-,27-25-,28-26-,33-31-,34-32-,38-37-,41-40-,44-43-,49-47-,55-53-. The van der Waals surface area contributed by atoms with Gasteiger partial charge in [-0.1, -0.05) is 313 Å². The summed E-state index contributed by atoms with van der Waals surface area (Å²) in [4.78, 5) is 38.1. The minimum absolute atomic E-state index is 0.0397. The molecule has 0 N–H and O–H groups in total. The molecule has 0 aliphatic heterocycles. The Hall–Kier alpha value is -4.37. The minimum atomic E-state index is -4.66. The first-order valence-corrected chi connectivity index (χ1v) is 38.7. The van der Waals surface area contributed by atoms with Gasteiger partial charge in [0.15, 0.2) is 6.10 Å². The average molecular weight is 1300 g/mol. The van der Waals surface area contributed by atoms with Crippen LogP contribution in [-0.4, -0.2) is 70.0 Å². The molecule has 0 saturated heterocycles. The maximum atomic E-state index is 12.9. The molecule has 0 heterocycles. The molecule has 0 aromatic heterocycles. The van der Waals surface area contributed by atoms with Crippen LogP contribution in [-0.2, 0) is 32.7 Å². The highest BCUT2D eigenvalue weighted by Crippen LogP contribution is 2.38. The van der Waals surface area contributed by atoms with Crippen molar-refractivity contribution in [3.05, 3.63) is 158 Å². The fourth-order valence-electron chi connectivity index (χ4n) is 9.87. The molecule has 0 fully saturated rings. The van der Waals surface area contributed by atoms with Crippen LogP contribution >= 0.6 is 7.82 Å². The normalized spacial score (nSPS) is 14.0. The van der Waals surface area contributed by atoms with E-state index < -0.39 is 26.5 Å². The highest BCUT2D eigenvalue weighted by molar-refractivity contribution is 7.45. The largest absolute Gasteiger partial charge is 0.756 e. The van der Waals surface area contributed by atoms with Crippen molar-refractivity contribution in [3.63, 3.8) is 0 Å². The van der Waals surface area contributed by atoms with E-state index in [4.69, 9.17) is 18.5 Å². The molecule has 92 heavy (non-hydrogen) atoms. The zero-order valence-corrected chi connectivity index (χ0v) is 60.6. The fraction of sp³-hybridized carbons (Fsp3) is 0.659. The third-order valence-electron chi connectivity index (χ3n) is 15.5. The van der Waals surface area contributed by atoms with Gasteiger partial charge < -0.3 is 27.9 Å². The molecule has 524 valence electrons. The van der Waals surface area contributed by atoms with Crippen LogP contribution in [0.3, 0.4) is 0 Å². The summed E-state index contributed by atoms with van der Waals surface area (Å²) in [6, 6.07) is 0. The summed E-state index contributed by atoms with van der Waals surface area (Å²) in [7, 11) is 1.15. The maximum absolute atomic E-state index is 12.9. The predicted octanol–water partition coefficient (Wildman–Crippen LogP) is 24.1.